The fourth-order valence-electron chi connectivity index (χ4n) is 4.44. The van der Waals surface area contributed by atoms with Crippen molar-refractivity contribution in [3.8, 4) is 17.1 Å². The summed E-state index contributed by atoms with van der Waals surface area (Å²) in [5.74, 6) is 0.149. The molecule has 0 unspecified atom stereocenters. The highest BCUT2D eigenvalue weighted by molar-refractivity contribution is 7.91. The fourth-order valence-corrected chi connectivity index (χ4v) is 5.92. The third-order valence-electron chi connectivity index (χ3n) is 6.36. The van der Waals surface area contributed by atoms with E-state index in [9.17, 15) is 12.8 Å². The summed E-state index contributed by atoms with van der Waals surface area (Å²) < 4.78 is 55.6. The Kier molecular flexibility index (Phi) is 7.61. The third-order valence-corrected chi connectivity index (χ3v) is 8.60. The van der Waals surface area contributed by atoms with Gasteiger partial charge in [-0.2, -0.15) is 0 Å². The van der Waals surface area contributed by atoms with Crippen LogP contribution in [0.1, 0.15) is 50.1 Å². The van der Waals surface area contributed by atoms with Gasteiger partial charge in [0.2, 0.25) is 0 Å². The molecule has 0 spiro atoms. The maximum atomic E-state index is 14.3. The van der Waals surface area contributed by atoms with Crippen LogP contribution >= 0.6 is 11.6 Å². The van der Waals surface area contributed by atoms with E-state index in [0.29, 0.717) is 22.2 Å². The minimum atomic E-state index is -3.91. The van der Waals surface area contributed by atoms with E-state index in [1.807, 2.05) is 6.07 Å². The second kappa shape index (κ2) is 10.9. The van der Waals surface area contributed by atoms with E-state index < -0.39 is 38.8 Å². The lowest BCUT2D eigenvalue weighted by Crippen LogP contribution is -2.32. The van der Waals surface area contributed by atoms with Crippen molar-refractivity contribution in [2.24, 2.45) is 0 Å². The summed E-state index contributed by atoms with van der Waals surface area (Å²) >= 11 is 5.94. The van der Waals surface area contributed by atoms with E-state index in [-0.39, 0.29) is 24.4 Å². The van der Waals surface area contributed by atoms with Crippen LogP contribution in [-0.4, -0.2) is 56.1 Å². The van der Waals surface area contributed by atoms with Crippen LogP contribution in [0.5, 0.6) is 5.75 Å². The summed E-state index contributed by atoms with van der Waals surface area (Å²) in [6.07, 6.45) is 4.85. The zero-order valence-corrected chi connectivity index (χ0v) is 23.0. The van der Waals surface area contributed by atoms with Gasteiger partial charge in [-0.1, -0.05) is 17.7 Å². The van der Waals surface area contributed by atoms with Gasteiger partial charge < -0.3 is 9.47 Å². The maximum absolute atomic E-state index is 14.3. The average Bonchev–Trinajstić information content (AvgIpc) is 3.23. The number of hydrogen-bond acceptors (Lipinski definition) is 9. The first-order valence-corrected chi connectivity index (χ1v) is 14.3. The van der Waals surface area contributed by atoms with Crippen molar-refractivity contribution in [2.75, 3.05) is 6.61 Å². The second-order valence-corrected chi connectivity index (χ2v) is 12.2. The molecular weight excluding hydrogens is 547 g/mol. The van der Waals surface area contributed by atoms with Gasteiger partial charge in [0.15, 0.2) is 21.5 Å². The molecule has 0 bridgehead atoms. The predicted molar refractivity (Wildman–Crippen MR) is 141 cm³/mol. The van der Waals surface area contributed by atoms with Gasteiger partial charge in [0.05, 0.1) is 28.0 Å². The molecule has 0 amide bonds. The predicted octanol–water partition coefficient (Wildman–Crippen LogP) is 4.37. The molecule has 4 heterocycles. The molecule has 0 aliphatic carbocycles. The van der Waals surface area contributed by atoms with Gasteiger partial charge in [0.1, 0.15) is 35.9 Å². The van der Waals surface area contributed by atoms with Crippen LogP contribution in [0, 0.1) is 5.82 Å². The van der Waals surface area contributed by atoms with Gasteiger partial charge in [-0.05, 0) is 50.6 Å². The smallest absolute Gasteiger partial charge is 0.168 e. The molecule has 1 aromatic carbocycles. The molecule has 3 aromatic heterocycles. The molecule has 0 N–H and O–H groups in total. The molecule has 5 rings (SSSR count). The van der Waals surface area contributed by atoms with E-state index in [1.165, 1.54) is 30.6 Å². The molecule has 0 radical (unpaired) electrons. The minimum absolute atomic E-state index is 0.135. The number of halogens is 2. The first-order chi connectivity index (χ1) is 18.6. The van der Waals surface area contributed by atoms with E-state index in [0.717, 1.165) is 5.56 Å². The van der Waals surface area contributed by atoms with Gasteiger partial charge in [0.25, 0.3) is 0 Å². The van der Waals surface area contributed by atoms with Gasteiger partial charge in [-0.3, -0.25) is 9.55 Å². The van der Waals surface area contributed by atoms with Crippen molar-refractivity contribution in [3.63, 3.8) is 0 Å². The molecule has 4 aromatic rings. The van der Waals surface area contributed by atoms with E-state index in [1.54, 1.807) is 43.8 Å². The molecule has 1 aliphatic rings. The first kappa shape index (κ1) is 27.1. The van der Waals surface area contributed by atoms with Crippen molar-refractivity contribution in [1.82, 2.24) is 29.7 Å². The number of fused-ring (bicyclic) bond motifs is 3. The van der Waals surface area contributed by atoms with Crippen LogP contribution in [0.3, 0.4) is 0 Å². The van der Waals surface area contributed by atoms with Crippen LogP contribution in [0.25, 0.3) is 11.4 Å². The highest BCUT2D eigenvalue weighted by Gasteiger charge is 2.37. The molecule has 204 valence electrons. The van der Waals surface area contributed by atoms with E-state index in [4.69, 9.17) is 21.1 Å². The number of nitrogens with zero attached hydrogens (tertiary/aromatic N) is 6. The Labute approximate surface area is 230 Å². The van der Waals surface area contributed by atoms with Crippen LogP contribution in [0.4, 0.5) is 4.39 Å². The Balaban J connectivity index is 1.56. The maximum Gasteiger partial charge on any atom is 0.168 e. The number of rotatable bonds is 8. The molecule has 3 atom stereocenters. The Morgan fingerprint density at radius 2 is 1.92 bits per heavy atom. The van der Waals surface area contributed by atoms with Crippen molar-refractivity contribution in [2.45, 2.75) is 50.0 Å². The summed E-state index contributed by atoms with van der Waals surface area (Å²) in [5, 5.41) is 7.83. The summed E-state index contributed by atoms with van der Waals surface area (Å²) in [4.78, 5) is 12.6. The van der Waals surface area contributed by atoms with E-state index in [2.05, 4.69) is 25.1 Å². The standard InChI is InChI=1S/C26H26ClFN6O4S/c1-15(2)38-24(25-30-11-18(27)12-31-25)16(3)39(35,36)14-23-32-33-26-20-9-19(28)6-7-22(20)37-13-21(34(23)26)17-5-4-8-29-10-17/h4-12,15-16,21,24H,13-14H2,1-3H3/t16-,21+,24+/m0/s1. The molecule has 1 aliphatic heterocycles. The monoisotopic (exact) mass is 572 g/mol. The number of ether oxygens (including phenoxy) is 2. The average molecular weight is 573 g/mol. The minimum Gasteiger partial charge on any atom is -0.490 e. The summed E-state index contributed by atoms with van der Waals surface area (Å²) in [6.45, 7) is 5.29. The van der Waals surface area contributed by atoms with Crippen molar-refractivity contribution in [1.29, 1.82) is 0 Å². The van der Waals surface area contributed by atoms with Gasteiger partial charge >= 0.3 is 0 Å². The summed E-state index contributed by atoms with van der Waals surface area (Å²) in [7, 11) is -3.91. The van der Waals surface area contributed by atoms with E-state index >= 15 is 0 Å². The van der Waals surface area contributed by atoms with Gasteiger partial charge in [0, 0.05) is 24.8 Å². The van der Waals surface area contributed by atoms with Crippen LogP contribution in [0.15, 0.2) is 55.1 Å². The molecular formula is C26H26ClFN6O4S. The Morgan fingerprint density at radius 3 is 2.62 bits per heavy atom. The highest BCUT2D eigenvalue weighted by Crippen LogP contribution is 2.38. The number of pyridine rings is 1. The van der Waals surface area contributed by atoms with Gasteiger partial charge in [-0.25, -0.2) is 22.8 Å². The molecule has 10 nitrogen and oxygen atoms in total. The Bertz CT molecular complexity index is 1570. The van der Waals surface area contributed by atoms with Crippen molar-refractivity contribution >= 4 is 21.4 Å². The number of sulfone groups is 1. The lowest BCUT2D eigenvalue weighted by Gasteiger charge is -2.25. The van der Waals surface area contributed by atoms with Crippen LogP contribution in [-0.2, 0) is 20.3 Å². The molecule has 13 heteroatoms. The lowest BCUT2D eigenvalue weighted by atomic mass is 10.1. The molecule has 0 saturated carbocycles. The van der Waals surface area contributed by atoms with Crippen molar-refractivity contribution < 1.29 is 22.3 Å². The van der Waals surface area contributed by atoms with Crippen molar-refractivity contribution in [3.05, 3.63) is 83.2 Å². The van der Waals surface area contributed by atoms with Crippen LogP contribution in [0.2, 0.25) is 5.02 Å². The Morgan fingerprint density at radius 1 is 1.15 bits per heavy atom. The number of aromatic nitrogens is 6. The summed E-state index contributed by atoms with van der Waals surface area (Å²) in [6, 6.07) is 7.23. The quantitative estimate of drug-likeness (QED) is 0.303. The fraction of sp³-hybridized carbons (Fsp3) is 0.346. The normalized spacial score (nSPS) is 16.6. The van der Waals surface area contributed by atoms with Crippen LogP contribution < -0.4 is 4.74 Å². The SMILES string of the molecule is CC(C)O[C@@H](c1ncc(Cl)cn1)[C@H](C)S(=O)(=O)Cc1nnc2n1[C@@H](c1cccnc1)COc1ccc(F)cc1-2. The Hall–Kier alpha value is -3.48. The third kappa shape index (κ3) is 5.63. The highest BCUT2D eigenvalue weighted by atomic mass is 35.5. The lowest BCUT2D eigenvalue weighted by molar-refractivity contribution is 0.00142. The number of benzene rings is 1. The molecule has 0 saturated heterocycles. The first-order valence-electron chi connectivity index (χ1n) is 12.2. The zero-order valence-electron chi connectivity index (χ0n) is 21.4. The molecule has 39 heavy (non-hydrogen) atoms. The number of hydrogen-bond donors (Lipinski definition) is 0. The summed E-state index contributed by atoms with van der Waals surface area (Å²) in [5.41, 5.74) is 1.13. The largest absolute Gasteiger partial charge is 0.490 e. The topological polar surface area (TPSA) is 122 Å². The zero-order chi connectivity index (χ0) is 27.7. The second-order valence-electron chi connectivity index (χ2n) is 9.44. The molecule has 0 fully saturated rings. The van der Waals surface area contributed by atoms with Gasteiger partial charge in [-0.15, -0.1) is 10.2 Å².